The van der Waals surface area contributed by atoms with Crippen LogP contribution in [0.2, 0.25) is 0 Å². The SMILES string of the molecule is O=C(NCCC1CCOCC1)c1cc2ccccc2n(-c2cccc(C(F)(F)F)c2)c1=O. The number of nitrogens with one attached hydrogen (secondary N) is 1. The maximum atomic E-state index is 13.3. The number of ether oxygens (including phenoxy) is 1. The van der Waals surface area contributed by atoms with Crippen LogP contribution < -0.4 is 10.9 Å². The highest BCUT2D eigenvalue weighted by Crippen LogP contribution is 2.30. The van der Waals surface area contributed by atoms with Crippen LogP contribution in [0.25, 0.3) is 16.6 Å². The lowest BCUT2D eigenvalue weighted by Crippen LogP contribution is -2.34. The third-order valence-electron chi connectivity index (χ3n) is 5.77. The van der Waals surface area contributed by atoms with Gasteiger partial charge in [0.25, 0.3) is 11.5 Å². The van der Waals surface area contributed by atoms with Gasteiger partial charge in [-0.3, -0.25) is 14.2 Å². The molecule has 0 unspecified atom stereocenters. The van der Waals surface area contributed by atoms with Crippen LogP contribution in [0, 0.1) is 5.92 Å². The molecule has 2 aromatic carbocycles. The highest BCUT2D eigenvalue weighted by Gasteiger charge is 2.31. The second-order valence-electron chi connectivity index (χ2n) is 7.91. The fraction of sp³-hybridized carbons (Fsp3) is 0.333. The Morgan fingerprint density at radius 1 is 1.06 bits per heavy atom. The van der Waals surface area contributed by atoms with Gasteiger partial charge in [0.2, 0.25) is 0 Å². The number of nitrogens with zero attached hydrogens (tertiary/aromatic N) is 1. The van der Waals surface area contributed by atoms with E-state index in [9.17, 15) is 22.8 Å². The number of carbonyl (C=O) groups excluding carboxylic acids is 1. The van der Waals surface area contributed by atoms with Gasteiger partial charge in [0.15, 0.2) is 0 Å². The van der Waals surface area contributed by atoms with E-state index in [4.69, 9.17) is 4.74 Å². The Morgan fingerprint density at radius 3 is 2.56 bits per heavy atom. The van der Waals surface area contributed by atoms with Crippen molar-refractivity contribution in [1.82, 2.24) is 9.88 Å². The zero-order valence-corrected chi connectivity index (χ0v) is 17.3. The van der Waals surface area contributed by atoms with Crippen molar-refractivity contribution in [2.75, 3.05) is 19.8 Å². The van der Waals surface area contributed by atoms with Crippen LogP contribution in [0.3, 0.4) is 0 Å². The molecular formula is C24H23F3N2O3. The number of benzene rings is 2. The summed E-state index contributed by atoms with van der Waals surface area (Å²) >= 11 is 0. The van der Waals surface area contributed by atoms with Crippen molar-refractivity contribution in [3.05, 3.63) is 76.1 Å². The minimum absolute atomic E-state index is 0.0536. The van der Waals surface area contributed by atoms with Crippen molar-refractivity contribution < 1.29 is 22.7 Å². The number of hydrogen-bond acceptors (Lipinski definition) is 3. The molecule has 0 radical (unpaired) electrons. The maximum Gasteiger partial charge on any atom is 0.416 e. The summed E-state index contributed by atoms with van der Waals surface area (Å²) in [5.41, 5.74) is -1.15. The number of pyridine rings is 1. The summed E-state index contributed by atoms with van der Waals surface area (Å²) in [5.74, 6) is -0.0732. The van der Waals surface area contributed by atoms with Crippen molar-refractivity contribution in [1.29, 1.82) is 0 Å². The number of carbonyl (C=O) groups is 1. The van der Waals surface area contributed by atoms with Gasteiger partial charge in [0, 0.05) is 25.4 Å². The highest BCUT2D eigenvalue weighted by molar-refractivity contribution is 5.97. The Labute approximate surface area is 182 Å². The molecule has 1 fully saturated rings. The molecule has 32 heavy (non-hydrogen) atoms. The van der Waals surface area contributed by atoms with E-state index >= 15 is 0 Å². The van der Waals surface area contributed by atoms with Crippen molar-refractivity contribution in [2.24, 2.45) is 5.92 Å². The number of fused-ring (bicyclic) bond motifs is 1. The van der Waals surface area contributed by atoms with Gasteiger partial charge < -0.3 is 10.1 Å². The molecular weight excluding hydrogens is 421 g/mol. The molecule has 1 amide bonds. The molecule has 5 nitrogen and oxygen atoms in total. The number of amides is 1. The Kier molecular flexibility index (Phi) is 6.32. The molecule has 0 aliphatic carbocycles. The van der Waals surface area contributed by atoms with E-state index < -0.39 is 23.2 Å². The van der Waals surface area contributed by atoms with Crippen LogP contribution in [0.15, 0.2) is 59.4 Å². The number of rotatable bonds is 5. The quantitative estimate of drug-likeness (QED) is 0.628. The molecule has 1 aliphatic heterocycles. The summed E-state index contributed by atoms with van der Waals surface area (Å²) in [6, 6.07) is 12.8. The number of halogens is 3. The predicted octanol–water partition coefficient (Wildman–Crippen LogP) is 4.56. The molecule has 8 heteroatoms. The van der Waals surface area contributed by atoms with Crippen molar-refractivity contribution in [3.8, 4) is 5.69 Å². The number of alkyl halides is 3. The highest BCUT2D eigenvalue weighted by atomic mass is 19.4. The molecule has 3 aromatic rings. The van der Waals surface area contributed by atoms with Gasteiger partial charge in [-0.05, 0) is 60.9 Å². The van der Waals surface area contributed by atoms with Gasteiger partial charge in [-0.15, -0.1) is 0 Å². The van der Waals surface area contributed by atoms with Crippen molar-refractivity contribution >= 4 is 16.8 Å². The number of aromatic nitrogens is 1. The lowest BCUT2D eigenvalue weighted by molar-refractivity contribution is -0.137. The molecule has 0 spiro atoms. The Morgan fingerprint density at radius 2 is 1.81 bits per heavy atom. The lowest BCUT2D eigenvalue weighted by atomic mass is 9.97. The lowest BCUT2D eigenvalue weighted by Gasteiger charge is -2.21. The van der Waals surface area contributed by atoms with E-state index in [1.54, 1.807) is 24.3 Å². The first-order valence-electron chi connectivity index (χ1n) is 10.5. The zero-order chi connectivity index (χ0) is 22.7. The zero-order valence-electron chi connectivity index (χ0n) is 17.3. The molecule has 0 saturated carbocycles. The third kappa shape index (κ3) is 4.70. The Hall–Kier alpha value is -3.13. The molecule has 1 N–H and O–H groups in total. The summed E-state index contributed by atoms with van der Waals surface area (Å²) in [4.78, 5) is 26.1. The largest absolute Gasteiger partial charge is 0.416 e. The fourth-order valence-electron chi connectivity index (χ4n) is 4.02. The first kappa shape index (κ1) is 22.1. The fourth-order valence-corrected chi connectivity index (χ4v) is 4.02. The molecule has 4 rings (SSSR count). The van der Waals surface area contributed by atoms with E-state index in [1.165, 1.54) is 18.2 Å². The van der Waals surface area contributed by atoms with Gasteiger partial charge in [0.1, 0.15) is 5.56 Å². The summed E-state index contributed by atoms with van der Waals surface area (Å²) in [7, 11) is 0. The van der Waals surface area contributed by atoms with Crippen molar-refractivity contribution in [2.45, 2.75) is 25.4 Å². The summed E-state index contributed by atoms with van der Waals surface area (Å²) < 4.78 is 46.2. The van der Waals surface area contributed by atoms with Gasteiger partial charge in [-0.2, -0.15) is 13.2 Å². The van der Waals surface area contributed by atoms with Gasteiger partial charge in [-0.1, -0.05) is 24.3 Å². The van der Waals surface area contributed by atoms with Crippen LogP contribution >= 0.6 is 0 Å². The average molecular weight is 444 g/mol. The molecule has 1 aromatic heterocycles. The molecule has 0 atom stereocenters. The predicted molar refractivity (Wildman–Crippen MR) is 115 cm³/mol. The molecule has 1 aliphatic rings. The van der Waals surface area contributed by atoms with Crippen LogP contribution in [0.1, 0.15) is 35.2 Å². The molecule has 168 valence electrons. The van der Waals surface area contributed by atoms with Gasteiger partial charge in [-0.25, -0.2) is 0 Å². The monoisotopic (exact) mass is 444 g/mol. The van der Waals surface area contributed by atoms with E-state index in [2.05, 4.69) is 5.32 Å². The summed E-state index contributed by atoms with van der Waals surface area (Å²) in [5, 5.41) is 3.38. The van der Waals surface area contributed by atoms with Gasteiger partial charge in [0.05, 0.1) is 11.1 Å². The smallest absolute Gasteiger partial charge is 0.381 e. The first-order valence-corrected chi connectivity index (χ1v) is 10.5. The van der Waals surface area contributed by atoms with Crippen LogP contribution in [-0.4, -0.2) is 30.2 Å². The normalized spacial score (nSPS) is 15.1. The molecule has 1 saturated heterocycles. The van der Waals surface area contributed by atoms with Crippen LogP contribution in [-0.2, 0) is 10.9 Å². The Bertz CT molecular complexity index is 1180. The second kappa shape index (κ2) is 9.16. The Balaban J connectivity index is 1.68. The van der Waals surface area contributed by atoms with E-state index in [0.717, 1.165) is 36.0 Å². The van der Waals surface area contributed by atoms with Gasteiger partial charge >= 0.3 is 6.18 Å². The van der Waals surface area contributed by atoms with Crippen LogP contribution in [0.5, 0.6) is 0 Å². The minimum atomic E-state index is -4.55. The maximum absolute atomic E-state index is 13.3. The first-order chi connectivity index (χ1) is 15.3. The molecule has 2 heterocycles. The number of hydrogen-bond donors (Lipinski definition) is 1. The summed E-state index contributed by atoms with van der Waals surface area (Å²) in [6.45, 7) is 1.84. The molecule has 0 bridgehead atoms. The second-order valence-corrected chi connectivity index (χ2v) is 7.91. The van der Waals surface area contributed by atoms with Crippen molar-refractivity contribution in [3.63, 3.8) is 0 Å². The minimum Gasteiger partial charge on any atom is -0.381 e. The van der Waals surface area contributed by atoms with E-state index in [1.807, 2.05) is 0 Å². The topological polar surface area (TPSA) is 60.3 Å². The summed E-state index contributed by atoms with van der Waals surface area (Å²) in [6.07, 6.45) is -1.89. The average Bonchev–Trinajstić information content (AvgIpc) is 2.79. The number of para-hydroxylation sites is 1. The van der Waals surface area contributed by atoms with Crippen LogP contribution in [0.4, 0.5) is 13.2 Å². The third-order valence-corrected chi connectivity index (χ3v) is 5.77. The van der Waals surface area contributed by atoms with E-state index in [-0.39, 0.29) is 11.3 Å². The van der Waals surface area contributed by atoms with E-state index in [0.29, 0.717) is 36.6 Å². The standard InChI is InChI=1S/C24H23F3N2O3/c25-24(26,27)18-5-3-6-19(15-18)29-21-7-2-1-4-17(21)14-20(23(29)31)22(30)28-11-8-16-9-12-32-13-10-16/h1-7,14-16H,8-13H2,(H,28,30).